The molecule has 0 spiro atoms. The summed E-state index contributed by atoms with van der Waals surface area (Å²) in [6, 6.07) is 7.38. The van der Waals surface area contributed by atoms with Crippen LogP contribution in [0.2, 0.25) is 0 Å². The smallest absolute Gasteiger partial charge is 0.244 e. The van der Waals surface area contributed by atoms with E-state index in [1.54, 1.807) is 4.90 Å². The maximum atomic E-state index is 12.3. The SMILES string of the molecule is CCNC(=O)CN1C(=O)C(C)NCc2ccccc21. The summed E-state index contributed by atoms with van der Waals surface area (Å²) >= 11 is 0. The van der Waals surface area contributed by atoms with Crippen LogP contribution in [0, 0.1) is 0 Å². The Morgan fingerprint density at radius 2 is 2.21 bits per heavy atom. The van der Waals surface area contributed by atoms with E-state index in [0.717, 1.165) is 11.3 Å². The van der Waals surface area contributed by atoms with E-state index in [1.807, 2.05) is 38.1 Å². The molecule has 1 atom stereocenters. The number of likely N-dealkylation sites (N-methyl/N-ethyl adjacent to an activating group) is 1. The van der Waals surface area contributed by atoms with E-state index in [2.05, 4.69) is 10.6 Å². The molecule has 2 N–H and O–H groups in total. The largest absolute Gasteiger partial charge is 0.355 e. The highest BCUT2D eigenvalue weighted by molar-refractivity contribution is 6.02. The third-order valence-electron chi connectivity index (χ3n) is 3.19. The van der Waals surface area contributed by atoms with Gasteiger partial charge in [-0.25, -0.2) is 0 Å². The molecule has 0 aliphatic carbocycles. The first-order valence-electron chi connectivity index (χ1n) is 6.53. The second kappa shape index (κ2) is 5.84. The van der Waals surface area contributed by atoms with Gasteiger partial charge in [-0.15, -0.1) is 0 Å². The summed E-state index contributed by atoms with van der Waals surface area (Å²) in [6.45, 7) is 4.94. The molecule has 19 heavy (non-hydrogen) atoms. The van der Waals surface area contributed by atoms with E-state index in [-0.39, 0.29) is 24.4 Å². The molecule has 102 valence electrons. The van der Waals surface area contributed by atoms with E-state index >= 15 is 0 Å². The minimum Gasteiger partial charge on any atom is -0.355 e. The number of nitrogens with one attached hydrogen (secondary N) is 2. The molecule has 0 fully saturated rings. The van der Waals surface area contributed by atoms with Crippen molar-refractivity contribution in [2.24, 2.45) is 0 Å². The van der Waals surface area contributed by atoms with Crippen molar-refractivity contribution in [1.29, 1.82) is 0 Å². The van der Waals surface area contributed by atoms with Gasteiger partial charge in [0.25, 0.3) is 0 Å². The van der Waals surface area contributed by atoms with Gasteiger partial charge in [0.15, 0.2) is 0 Å². The lowest BCUT2D eigenvalue weighted by molar-refractivity contribution is -0.124. The van der Waals surface area contributed by atoms with Crippen LogP contribution in [0.5, 0.6) is 0 Å². The molecule has 1 heterocycles. The lowest BCUT2D eigenvalue weighted by Crippen LogP contribution is -2.46. The van der Waals surface area contributed by atoms with Crippen LogP contribution < -0.4 is 15.5 Å². The average Bonchev–Trinajstić information content (AvgIpc) is 2.52. The van der Waals surface area contributed by atoms with Crippen LogP contribution in [-0.2, 0) is 16.1 Å². The summed E-state index contributed by atoms with van der Waals surface area (Å²) in [5.74, 6) is -0.212. The second-order valence-corrected chi connectivity index (χ2v) is 4.61. The Labute approximate surface area is 113 Å². The number of benzene rings is 1. The van der Waals surface area contributed by atoms with Gasteiger partial charge in [-0.3, -0.25) is 9.59 Å². The van der Waals surface area contributed by atoms with Crippen LogP contribution >= 0.6 is 0 Å². The van der Waals surface area contributed by atoms with Crippen LogP contribution in [0.4, 0.5) is 5.69 Å². The number of para-hydroxylation sites is 1. The van der Waals surface area contributed by atoms with Gasteiger partial charge in [0, 0.05) is 18.8 Å². The summed E-state index contributed by atoms with van der Waals surface area (Å²) in [4.78, 5) is 25.7. The highest BCUT2D eigenvalue weighted by atomic mass is 16.2. The molecular weight excluding hydrogens is 242 g/mol. The van der Waals surface area contributed by atoms with E-state index in [0.29, 0.717) is 13.1 Å². The fraction of sp³-hybridized carbons (Fsp3) is 0.429. The highest BCUT2D eigenvalue weighted by Gasteiger charge is 2.28. The maximum Gasteiger partial charge on any atom is 0.244 e. The maximum absolute atomic E-state index is 12.3. The molecule has 0 bridgehead atoms. The summed E-state index contributed by atoms with van der Waals surface area (Å²) in [7, 11) is 0. The molecule has 1 aliphatic rings. The highest BCUT2D eigenvalue weighted by Crippen LogP contribution is 2.23. The first-order valence-corrected chi connectivity index (χ1v) is 6.53. The zero-order valence-corrected chi connectivity index (χ0v) is 11.3. The lowest BCUT2D eigenvalue weighted by Gasteiger charge is -2.23. The van der Waals surface area contributed by atoms with E-state index in [4.69, 9.17) is 0 Å². The number of hydrogen-bond donors (Lipinski definition) is 2. The molecule has 2 amide bonds. The van der Waals surface area contributed by atoms with Crippen LogP contribution in [-0.4, -0.2) is 30.9 Å². The Hall–Kier alpha value is -1.88. The number of carbonyl (C=O) groups is 2. The number of hydrogen-bond acceptors (Lipinski definition) is 3. The van der Waals surface area contributed by atoms with E-state index in [1.165, 1.54) is 0 Å². The van der Waals surface area contributed by atoms with Crippen molar-refractivity contribution in [1.82, 2.24) is 10.6 Å². The fourth-order valence-electron chi connectivity index (χ4n) is 2.19. The molecule has 0 aromatic heterocycles. The van der Waals surface area contributed by atoms with Gasteiger partial charge in [-0.1, -0.05) is 18.2 Å². The topological polar surface area (TPSA) is 61.4 Å². The molecule has 0 radical (unpaired) electrons. The van der Waals surface area contributed by atoms with Crippen LogP contribution in [0.3, 0.4) is 0 Å². The Bertz CT molecular complexity index is 487. The second-order valence-electron chi connectivity index (χ2n) is 4.61. The normalized spacial score (nSPS) is 18.7. The number of amides is 2. The minimum absolute atomic E-state index is 0.0652. The first-order chi connectivity index (χ1) is 9.13. The van der Waals surface area contributed by atoms with Gasteiger partial charge in [0.2, 0.25) is 11.8 Å². The van der Waals surface area contributed by atoms with Crippen LogP contribution in [0.25, 0.3) is 0 Å². The van der Waals surface area contributed by atoms with Crippen molar-refractivity contribution in [3.05, 3.63) is 29.8 Å². The molecule has 0 saturated heterocycles. The molecule has 1 aromatic carbocycles. The zero-order valence-electron chi connectivity index (χ0n) is 11.3. The quantitative estimate of drug-likeness (QED) is 0.839. The molecule has 1 aromatic rings. The Kier molecular flexibility index (Phi) is 4.16. The van der Waals surface area contributed by atoms with Gasteiger partial charge in [-0.05, 0) is 25.5 Å². The predicted molar refractivity (Wildman–Crippen MR) is 73.8 cm³/mol. The van der Waals surface area contributed by atoms with Crippen molar-refractivity contribution in [3.8, 4) is 0 Å². The van der Waals surface area contributed by atoms with Crippen molar-refractivity contribution in [2.45, 2.75) is 26.4 Å². The van der Waals surface area contributed by atoms with Gasteiger partial charge >= 0.3 is 0 Å². The molecule has 1 unspecified atom stereocenters. The number of anilines is 1. The summed E-state index contributed by atoms with van der Waals surface area (Å²) in [5, 5.41) is 5.89. The third kappa shape index (κ3) is 2.93. The van der Waals surface area contributed by atoms with Crippen LogP contribution in [0.1, 0.15) is 19.4 Å². The van der Waals surface area contributed by atoms with Gasteiger partial charge in [0.1, 0.15) is 6.54 Å². The standard InChI is InChI=1S/C14H19N3O2/c1-3-15-13(18)9-17-12-7-5-4-6-11(12)8-16-10(2)14(17)19/h4-7,10,16H,3,8-9H2,1-2H3,(H,15,18). The van der Waals surface area contributed by atoms with E-state index in [9.17, 15) is 9.59 Å². The zero-order chi connectivity index (χ0) is 13.8. The number of nitrogens with zero attached hydrogens (tertiary/aromatic N) is 1. The summed E-state index contributed by atoms with van der Waals surface area (Å²) in [6.07, 6.45) is 0. The Balaban J connectivity index is 2.31. The van der Waals surface area contributed by atoms with Gasteiger partial charge in [-0.2, -0.15) is 0 Å². The third-order valence-corrected chi connectivity index (χ3v) is 3.19. The number of carbonyl (C=O) groups excluding carboxylic acids is 2. The van der Waals surface area contributed by atoms with Gasteiger partial charge in [0.05, 0.1) is 6.04 Å². The monoisotopic (exact) mass is 261 g/mol. The lowest BCUT2D eigenvalue weighted by atomic mass is 10.1. The van der Waals surface area contributed by atoms with Gasteiger partial charge < -0.3 is 15.5 Å². The average molecular weight is 261 g/mol. The minimum atomic E-state index is -0.290. The first kappa shape index (κ1) is 13.5. The Morgan fingerprint density at radius 3 is 2.95 bits per heavy atom. The molecule has 5 heteroatoms. The molecule has 1 aliphatic heterocycles. The summed E-state index contributed by atoms with van der Waals surface area (Å²) < 4.78 is 0. The Morgan fingerprint density at radius 1 is 1.47 bits per heavy atom. The number of fused-ring (bicyclic) bond motifs is 1. The van der Waals surface area contributed by atoms with Crippen LogP contribution in [0.15, 0.2) is 24.3 Å². The fourth-order valence-corrected chi connectivity index (χ4v) is 2.19. The molecule has 0 saturated carbocycles. The molecular formula is C14H19N3O2. The molecule has 2 rings (SSSR count). The van der Waals surface area contributed by atoms with Crippen molar-refractivity contribution in [2.75, 3.05) is 18.0 Å². The van der Waals surface area contributed by atoms with Crippen molar-refractivity contribution >= 4 is 17.5 Å². The van der Waals surface area contributed by atoms with Crippen molar-refractivity contribution < 1.29 is 9.59 Å². The van der Waals surface area contributed by atoms with E-state index < -0.39 is 0 Å². The molecule has 5 nitrogen and oxygen atoms in total. The predicted octanol–water partition coefficient (Wildman–Crippen LogP) is 0.647. The number of rotatable bonds is 3. The summed E-state index contributed by atoms with van der Waals surface area (Å²) in [5.41, 5.74) is 1.85. The van der Waals surface area contributed by atoms with Crippen molar-refractivity contribution in [3.63, 3.8) is 0 Å².